The van der Waals surface area contributed by atoms with E-state index in [9.17, 15) is 9.59 Å². The third-order valence-corrected chi connectivity index (χ3v) is 7.14. The first-order chi connectivity index (χ1) is 12.9. The summed E-state index contributed by atoms with van der Waals surface area (Å²) in [6.07, 6.45) is 14.1. The Labute approximate surface area is 162 Å². The second kappa shape index (κ2) is 8.23. The number of ether oxygens (including phenoxy) is 1. The Hall–Kier alpha value is -1.53. The number of rotatable bonds is 8. The number of quaternary nitrogens is 1. The zero-order valence-electron chi connectivity index (χ0n) is 16.7. The van der Waals surface area contributed by atoms with Gasteiger partial charge in [0.15, 0.2) is 0 Å². The highest BCUT2D eigenvalue weighted by atomic mass is 16.5. The maximum Gasteiger partial charge on any atom is 0.308 e. The van der Waals surface area contributed by atoms with Crippen LogP contribution in [0.4, 0.5) is 0 Å². The summed E-state index contributed by atoms with van der Waals surface area (Å²) in [5.74, 6) is 1.70. The summed E-state index contributed by atoms with van der Waals surface area (Å²) < 4.78 is 6.17. The minimum absolute atomic E-state index is 0.0198. The van der Waals surface area contributed by atoms with Gasteiger partial charge in [0.05, 0.1) is 13.2 Å². The van der Waals surface area contributed by atoms with E-state index in [0.717, 1.165) is 50.9 Å². The molecule has 2 bridgehead atoms. The predicted molar refractivity (Wildman–Crippen MR) is 105 cm³/mol. The number of nitrogens with zero attached hydrogens (tertiary/aromatic N) is 2. The van der Waals surface area contributed by atoms with Crippen LogP contribution in [0.15, 0.2) is 17.3 Å². The van der Waals surface area contributed by atoms with Crippen molar-refractivity contribution in [2.75, 3.05) is 14.1 Å². The van der Waals surface area contributed by atoms with Crippen molar-refractivity contribution in [3.8, 4) is 0 Å². The largest absolute Gasteiger partial charge is 0.384 e. The molecule has 4 fully saturated rings. The molecule has 0 aromatic carbocycles. The van der Waals surface area contributed by atoms with Crippen molar-refractivity contribution in [2.24, 2.45) is 22.1 Å². The fraction of sp³-hybridized carbons (Fsp3) is 0.762. The minimum atomic E-state index is -0.230. The number of amidine groups is 1. The molecule has 1 heterocycles. The smallest absolute Gasteiger partial charge is 0.308 e. The van der Waals surface area contributed by atoms with Crippen LogP contribution in [-0.2, 0) is 14.3 Å². The molecule has 3 aliphatic carbocycles. The number of hydrogen-bond acceptors (Lipinski definition) is 4. The molecule has 6 nitrogen and oxygen atoms in total. The highest BCUT2D eigenvalue weighted by Gasteiger charge is 2.45. The Bertz CT molecular complexity index is 608. The summed E-state index contributed by atoms with van der Waals surface area (Å²) in [4.78, 5) is 28.5. The number of ketones is 1. The first-order valence-corrected chi connectivity index (χ1v) is 10.3. The zero-order valence-corrected chi connectivity index (χ0v) is 16.7. The number of fused-ring (bicyclic) bond motifs is 3. The second-order valence-corrected chi connectivity index (χ2v) is 8.81. The number of Topliss-reactive ketones (excluding diaryl/α,β-unsaturated/α-hetero) is 1. The molecule has 150 valence electrons. The summed E-state index contributed by atoms with van der Waals surface area (Å²) in [6, 6.07) is 0. The lowest BCUT2D eigenvalue weighted by molar-refractivity contribution is -0.826. The van der Waals surface area contributed by atoms with Gasteiger partial charge in [0.1, 0.15) is 17.8 Å². The molecular weight excluding hydrogens is 342 g/mol. The molecule has 3 saturated carbocycles. The first-order valence-electron chi connectivity index (χ1n) is 10.3. The van der Waals surface area contributed by atoms with Crippen LogP contribution in [0.2, 0.25) is 0 Å². The van der Waals surface area contributed by atoms with Gasteiger partial charge in [-0.1, -0.05) is 0 Å². The maximum atomic E-state index is 12.9. The van der Waals surface area contributed by atoms with Crippen LogP contribution in [0, 0.1) is 11.3 Å². The van der Waals surface area contributed by atoms with Gasteiger partial charge < -0.3 is 10.5 Å². The van der Waals surface area contributed by atoms with E-state index in [1.165, 1.54) is 19.3 Å². The molecule has 4 rings (SSSR count). The van der Waals surface area contributed by atoms with Gasteiger partial charge in [0, 0.05) is 31.4 Å². The van der Waals surface area contributed by atoms with Crippen LogP contribution < -0.4 is 5.73 Å². The predicted octanol–water partition coefficient (Wildman–Crippen LogP) is 2.91. The summed E-state index contributed by atoms with van der Waals surface area (Å²) >= 11 is 0. The van der Waals surface area contributed by atoms with E-state index in [-0.39, 0.29) is 22.2 Å². The molecule has 2 N–H and O–H groups in total. The maximum absolute atomic E-state index is 12.9. The second-order valence-electron chi connectivity index (χ2n) is 8.81. The van der Waals surface area contributed by atoms with Crippen molar-refractivity contribution in [3.05, 3.63) is 12.3 Å². The molecule has 3 unspecified atom stereocenters. The molecule has 0 aromatic rings. The standard InChI is InChI=1S/C21H34N3O3/c1-23-19(22)10-14-24(2,15-25)20-6-4-17(27-20)3-5-18(26)21-11-7-16(8-12-21)9-13-21/h10,14-17,20H,3-9,11-13H2,1-2H3,(H2,22,23)/q+1/b14-10-. The topological polar surface area (TPSA) is 81.8 Å². The van der Waals surface area contributed by atoms with E-state index in [1.54, 1.807) is 19.3 Å². The Morgan fingerprint density at radius 2 is 1.89 bits per heavy atom. The van der Waals surface area contributed by atoms with E-state index in [4.69, 9.17) is 10.5 Å². The molecular formula is C21H34N3O3+. The Kier molecular flexibility index (Phi) is 6.16. The van der Waals surface area contributed by atoms with Crippen molar-refractivity contribution in [1.29, 1.82) is 0 Å². The summed E-state index contributed by atoms with van der Waals surface area (Å²) in [5, 5.41) is 0. The molecule has 6 heteroatoms. The fourth-order valence-electron chi connectivity index (χ4n) is 5.04. The number of hydrogen-bond donors (Lipinski definition) is 1. The SMILES string of the molecule is CN=C(N)/C=C\[N+](C)(C=O)C1CCC(CCC(=O)C23CCC(CC2)CC3)O1. The molecule has 4 aliphatic rings. The molecule has 1 aliphatic heterocycles. The molecule has 0 radical (unpaired) electrons. The lowest BCUT2D eigenvalue weighted by Crippen LogP contribution is -2.47. The zero-order chi connectivity index (χ0) is 19.5. The van der Waals surface area contributed by atoms with E-state index in [2.05, 4.69) is 4.99 Å². The summed E-state index contributed by atoms with van der Waals surface area (Å²) in [7, 11) is 3.42. The quantitative estimate of drug-likeness (QED) is 0.306. The number of nitrogens with two attached hydrogens (primary N) is 1. The van der Waals surface area contributed by atoms with Gasteiger partial charge in [0.25, 0.3) is 0 Å². The first kappa shape index (κ1) is 20.2. The average molecular weight is 377 g/mol. The molecule has 0 spiro atoms. The van der Waals surface area contributed by atoms with Crippen molar-refractivity contribution in [3.63, 3.8) is 0 Å². The van der Waals surface area contributed by atoms with Crippen molar-refractivity contribution in [2.45, 2.75) is 76.5 Å². The normalized spacial score (nSPS) is 36.1. The molecule has 0 aromatic heterocycles. The molecule has 3 atom stereocenters. The van der Waals surface area contributed by atoms with E-state index in [1.807, 2.05) is 7.05 Å². The Morgan fingerprint density at radius 1 is 1.22 bits per heavy atom. The van der Waals surface area contributed by atoms with Crippen LogP contribution in [0.5, 0.6) is 0 Å². The van der Waals surface area contributed by atoms with Gasteiger partial charge in [0.2, 0.25) is 6.23 Å². The van der Waals surface area contributed by atoms with Crippen LogP contribution >= 0.6 is 0 Å². The van der Waals surface area contributed by atoms with Crippen LogP contribution in [0.3, 0.4) is 0 Å². The highest BCUT2D eigenvalue weighted by Crippen LogP contribution is 2.51. The number of amides is 1. The van der Waals surface area contributed by atoms with Gasteiger partial charge in [-0.05, 0) is 57.3 Å². The Morgan fingerprint density at radius 3 is 2.48 bits per heavy atom. The number of carbonyl (C=O) groups excluding carboxylic acids is 2. The lowest BCUT2D eigenvalue weighted by atomic mass is 9.58. The van der Waals surface area contributed by atoms with Crippen molar-refractivity contribution in [1.82, 2.24) is 0 Å². The van der Waals surface area contributed by atoms with Crippen LogP contribution in [0.25, 0.3) is 0 Å². The molecule has 1 saturated heterocycles. The van der Waals surface area contributed by atoms with Crippen LogP contribution in [-0.4, -0.2) is 48.9 Å². The third-order valence-electron chi connectivity index (χ3n) is 7.14. The number of carbonyl (C=O) groups is 2. The third kappa shape index (κ3) is 4.32. The summed E-state index contributed by atoms with van der Waals surface area (Å²) in [5.41, 5.74) is 5.67. The van der Waals surface area contributed by atoms with Gasteiger partial charge in [-0.25, -0.2) is 9.28 Å². The van der Waals surface area contributed by atoms with Gasteiger partial charge in [-0.2, -0.15) is 0 Å². The van der Waals surface area contributed by atoms with E-state index >= 15 is 0 Å². The van der Waals surface area contributed by atoms with Gasteiger partial charge in [-0.15, -0.1) is 0 Å². The Balaban J connectivity index is 1.52. The minimum Gasteiger partial charge on any atom is -0.384 e. The number of aliphatic imine (C=N–C) groups is 1. The average Bonchev–Trinajstić information content (AvgIpc) is 3.21. The fourth-order valence-corrected chi connectivity index (χ4v) is 5.04. The summed E-state index contributed by atoms with van der Waals surface area (Å²) in [6.45, 7) is 0. The highest BCUT2D eigenvalue weighted by molar-refractivity contribution is 5.91. The van der Waals surface area contributed by atoms with Crippen LogP contribution in [0.1, 0.15) is 64.2 Å². The monoisotopic (exact) mass is 376 g/mol. The van der Waals surface area contributed by atoms with E-state index in [0.29, 0.717) is 18.0 Å². The van der Waals surface area contributed by atoms with Gasteiger partial charge in [-0.3, -0.25) is 9.79 Å². The van der Waals surface area contributed by atoms with Crippen molar-refractivity contribution >= 4 is 18.0 Å². The molecule has 1 amide bonds. The van der Waals surface area contributed by atoms with E-state index < -0.39 is 0 Å². The molecule has 27 heavy (non-hydrogen) atoms. The lowest BCUT2D eigenvalue weighted by Gasteiger charge is -2.45. The van der Waals surface area contributed by atoms with Crippen molar-refractivity contribution < 1.29 is 18.8 Å². The van der Waals surface area contributed by atoms with Gasteiger partial charge >= 0.3 is 6.41 Å².